The van der Waals surface area contributed by atoms with Crippen LogP contribution in [0.15, 0.2) is 45.6 Å². The van der Waals surface area contributed by atoms with Crippen LogP contribution in [0.4, 0.5) is 5.69 Å². The first-order valence-corrected chi connectivity index (χ1v) is 6.89. The molecule has 0 unspecified atom stereocenters. The lowest BCUT2D eigenvalue weighted by molar-refractivity contribution is 0.102. The van der Waals surface area contributed by atoms with Gasteiger partial charge in [-0.15, -0.1) is 0 Å². The number of aromatic nitrogens is 1. The van der Waals surface area contributed by atoms with E-state index in [2.05, 4.69) is 42.2 Å². The van der Waals surface area contributed by atoms with E-state index >= 15 is 0 Å². The quantitative estimate of drug-likeness (QED) is 0.820. The summed E-state index contributed by atoms with van der Waals surface area (Å²) in [6.45, 7) is 0. The van der Waals surface area contributed by atoms with Crippen molar-refractivity contribution in [3.05, 3.63) is 56.2 Å². The summed E-state index contributed by atoms with van der Waals surface area (Å²) in [5.41, 5.74) is 1.15. The number of nitrogens with zero attached hydrogens (tertiary/aromatic N) is 1. The highest BCUT2D eigenvalue weighted by Gasteiger charge is 2.08. The zero-order valence-electron chi connectivity index (χ0n) is 8.95. The first kappa shape index (κ1) is 13.5. The second kappa shape index (κ2) is 5.82. The van der Waals surface area contributed by atoms with Gasteiger partial charge in [-0.2, -0.15) is 0 Å². The molecular weight excluding hydrogens is 383 g/mol. The van der Waals surface area contributed by atoms with E-state index in [1.165, 1.54) is 6.20 Å². The van der Waals surface area contributed by atoms with Crippen molar-refractivity contribution >= 4 is 55.1 Å². The van der Waals surface area contributed by atoms with Gasteiger partial charge in [-0.25, -0.2) is 0 Å². The molecule has 0 atom stereocenters. The molecule has 1 aromatic heterocycles. The van der Waals surface area contributed by atoms with Gasteiger partial charge in [0.05, 0.1) is 10.6 Å². The van der Waals surface area contributed by atoms with E-state index in [0.717, 1.165) is 8.95 Å². The zero-order chi connectivity index (χ0) is 13.1. The molecule has 0 saturated heterocycles. The number of pyridine rings is 1. The predicted molar refractivity (Wildman–Crippen MR) is 79.0 cm³/mol. The van der Waals surface area contributed by atoms with Crippen LogP contribution in [-0.2, 0) is 0 Å². The van der Waals surface area contributed by atoms with E-state index in [4.69, 9.17) is 11.6 Å². The third-order valence-corrected chi connectivity index (χ3v) is 3.79. The second-order valence-electron chi connectivity index (χ2n) is 3.47. The Morgan fingerprint density at radius 2 is 2.00 bits per heavy atom. The average molecular weight is 390 g/mol. The van der Waals surface area contributed by atoms with Gasteiger partial charge in [0.25, 0.3) is 5.91 Å². The Hall–Kier alpha value is -0.910. The summed E-state index contributed by atoms with van der Waals surface area (Å²) in [6, 6.07) is 6.88. The van der Waals surface area contributed by atoms with E-state index in [0.29, 0.717) is 16.3 Å². The van der Waals surface area contributed by atoms with Crippen LogP contribution < -0.4 is 5.32 Å². The SMILES string of the molecule is O=C(Nc1ccc(Cl)c(Br)c1)c1cncc(Br)c1. The first-order valence-electron chi connectivity index (χ1n) is 4.93. The normalized spacial score (nSPS) is 10.2. The number of amides is 1. The maximum Gasteiger partial charge on any atom is 0.257 e. The number of benzene rings is 1. The maximum absolute atomic E-state index is 11.9. The van der Waals surface area contributed by atoms with Crippen LogP contribution in [0.25, 0.3) is 0 Å². The summed E-state index contributed by atoms with van der Waals surface area (Å²) in [7, 11) is 0. The standard InChI is InChI=1S/C12H7Br2ClN2O/c13-8-3-7(5-16-6-8)12(18)17-9-1-2-11(15)10(14)4-9/h1-6H,(H,17,18). The van der Waals surface area contributed by atoms with Crippen molar-refractivity contribution in [2.75, 3.05) is 5.32 Å². The van der Waals surface area contributed by atoms with Crippen LogP contribution in [0.5, 0.6) is 0 Å². The highest BCUT2D eigenvalue weighted by molar-refractivity contribution is 9.10. The molecule has 0 spiro atoms. The number of carbonyl (C=O) groups excluding carboxylic acids is 1. The second-order valence-corrected chi connectivity index (χ2v) is 5.65. The molecular formula is C12H7Br2ClN2O. The monoisotopic (exact) mass is 388 g/mol. The lowest BCUT2D eigenvalue weighted by atomic mass is 10.2. The molecule has 92 valence electrons. The average Bonchev–Trinajstić information content (AvgIpc) is 2.34. The zero-order valence-corrected chi connectivity index (χ0v) is 12.9. The predicted octanol–water partition coefficient (Wildman–Crippen LogP) is 4.51. The van der Waals surface area contributed by atoms with E-state index in [-0.39, 0.29) is 5.91 Å². The molecule has 2 rings (SSSR count). The summed E-state index contributed by atoms with van der Waals surface area (Å²) in [6.07, 6.45) is 3.13. The maximum atomic E-state index is 11.9. The van der Waals surface area contributed by atoms with E-state index in [1.54, 1.807) is 30.5 Å². The number of hydrogen-bond donors (Lipinski definition) is 1. The lowest BCUT2D eigenvalue weighted by Crippen LogP contribution is -2.12. The Labute approximate surface area is 126 Å². The number of hydrogen-bond acceptors (Lipinski definition) is 2. The molecule has 1 N–H and O–H groups in total. The molecule has 3 nitrogen and oxygen atoms in total. The van der Waals surface area contributed by atoms with Gasteiger partial charge in [0.15, 0.2) is 0 Å². The van der Waals surface area contributed by atoms with Gasteiger partial charge in [0.1, 0.15) is 0 Å². The highest BCUT2D eigenvalue weighted by atomic mass is 79.9. The van der Waals surface area contributed by atoms with Crippen LogP contribution in [0.3, 0.4) is 0 Å². The Morgan fingerprint density at radius 1 is 1.22 bits per heavy atom. The van der Waals surface area contributed by atoms with Crippen molar-refractivity contribution in [3.63, 3.8) is 0 Å². The smallest absolute Gasteiger partial charge is 0.257 e. The Kier molecular flexibility index (Phi) is 4.37. The number of carbonyl (C=O) groups is 1. The van der Waals surface area contributed by atoms with Crippen LogP contribution in [0.2, 0.25) is 5.02 Å². The largest absolute Gasteiger partial charge is 0.322 e. The fraction of sp³-hybridized carbons (Fsp3) is 0. The Balaban J connectivity index is 2.18. The summed E-state index contributed by atoms with van der Waals surface area (Å²) in [4.78, 5) is 15.9. The number of halogens is 3. The molecule has 1 heterocycles. The van der Waals surface area contributed by atoms with Gasteiger partial charge in [-0.3, -0.25) is 9.78 Å². The molecule has 0 saturated carbocycles. The van der Waals surface area contributed by atoms with Crippen molar-refractivity contribution in [3.8, 4) is 0 Å². The Bertz CT molecular complexity index is 604. The van der Waals surface area contributed by atoms with Crippen LogP contribution >= 0.6 is 43.5 Å². The van der Waals surface area contributed by atoms with E-state index < -0.39 is 0 Å². The molecule has 1 amide bonds. The van der Waals surface area contributed by atoms with Gasteiger partial charge in [0.2, 0.25) is 0 Å². The molecule has 0 radical (unpaired) electrons. The summed E-state index contributed by atoms with van der Waals surface area (Å²) < 4.78 is 1.49. The van der Waals surface area contributed by atoms with Gasteiger partial charge in [-0.05, 0) is 56.1 Å². The van der Waals surface area contributed by atoms with E-state index in [9.17, 15) is 4.79 Å². The van der Waals surface area contributed by atoms with Gasteiger partial charge >= 0.3 is 0 Å². The van der Waals surface area contributed by atoms with E-state index in [1.807, 2.05) is 0 Å². The van der Waals surface area contributed by atoms with Crippen LogP contribution in [0.1, 0.15) is 10.4 Å². The first-order chi connectivity index (χ1) is 8.56. The molecule has 0 bridgehead atoms. The Morgan fingerprint density at radius 3 is 2.67 bits per heavy atom. The summed E-state index contributed by atoms with van der Waals surface area (Å²) in [5.74, 6) is -0.224. The van der Waals surface area contributed by atoms with Gasteiger partial charge < -0.3 is 5.32 Å². The van der Waals surface area contributed by atoms with Crippen molar-refractivity contribution in [1.29, 1.82) is 0 Å². The van der Waals surface area contributed by atoms with Crippen molar-refractivity contribution in [2.45, 2.75) is 0 Å². The molecule has 1 aromatic carbocycles. The van der Waals surface area contributed by atoms with Gasteiger partial charge in [-0.1, -0.05) is 11.6 Å². The number of anilines is 1. The van der Waals surface area contributed by atoms with Crippen molar-refractivity contribution < 1.29 is 4.79 Å². The molecule has 0 aliphatic rings. The minimum Gasteiger partial charge on any atom is -0.322 e. The molecule has 2 aromatic rings. The fourth-order valence-corrected chi connectivity index (χ4v) is 2.17. The molecule has 0 aliphatic heterocycles. The molecule has 0 aliphatic carbocycles. The number of rotatable bonds is 2. The molecule has 0 fully saturated rings. The van der Waals surface area contributed by atoms with Crippen molar-refractivity contribution in [2.24, 2.45) is 0 Å². The summed E-state index contributed by atoms with van der Waals surface area (Å²) >= 11 is 12.4. The minimum absolute atomic E-state index is 0.224. The van der Waals surface area contributed by atoms with Gasteiger partial charge in [0, 0.05) is 27.0 Å². The summed E-state index contributed by atoms with van der Waals surface area (Å²) in [5, 5.41) is 3.36. The fourth-order valence-electron chi connectivity index (χ4n) is 1.31. The molecule has 6 heteroatoms. The van der Waals surface area contributed by atoms with Crippen LogP contribution in [-0.4, -0.2) is 10.9 Å². The van der Waals surface area contributed by atoms with Crippen LogP contribution in [0, 0.1) is 0 Å². The lowest BCUT2D eigenvalue weighted by Gasteiger charge is -2.06. The highest BCUT2D eigenvalue weighted by Crippen LogP contribution is 2.25. The number of nitrogens with one attached hydrogen (secondary N) is 1. The third kappa shape index (κ3) is 3.31. The third-order valence-electron chi connectivity index (χ3n) is 2.14. The molecule has 18 heavy (non-hydrogen) atoms. The topological polar surface area (TPSA) is 42.0 Å². The minimum atomic E-state index is -0.224. The van der Waals surface area contributed by atoms with Crippen molar-refractivity contribution in [1.82, 2.24) is 4.98 Å².